The molecule has 2 aromatic carbocycles. The lowest BCUT2D eigenvalue weighted by molar-refractivity contribution is -0.158. The Hall–Kier alpha value is -3.32. The molecule has 7 nitrogen and oxygen atoms in total. The van der Waals surface area contributed by atoms with Crippen LogP contribution in [0.2, 0.25) is 0 Å². The summed E-state index contributed by atoms with van der Waals surface area (Å²) in [5, 5.41) is 1.12. The summed E-state index contributed by atoms with van der Waals surface area (Å²) >= 11 is 0. The van der Waals surface area contributed by atoms with E-state index in [1.54, 1.807) is 4.90 Å². The summed E-state index contributed by atoms with van der Waals surface area (Å²) in [5.41, 5.74) is 4.04. The molecule has 190 valence electrons. The number of fused-ring (bicyclic) bond motifs is 4. The third-order valence-corrected chi connectivity index (χ3v) is 7.65. The number of aromatic amines is 1. The fourth-order valence-corrected chi connectivity index (χ4v) is 5.86. The maximum Gasteiger partial charge on any atom is 0.246 e. The Morgan fingerprint density at radius 3 is 2.56 bits per heavy atom. The van der Waals surface area contributed by atoms with Gasteiger partial charge in [-0.2, -0.15) is 0 Å². The van der Waals surface area contributed by atoms with Crippen LogP contribution >= 0.6 is 0 Å². The van der Waals surface area contributed by atoms with E-state index in [4.69, 9.17) is 4.74 Å². The first-order chi connectivity index (χ1) is 17.6. The van der Waals surface area contributed by atoms with E-state index in [0.29, 0.717) is 19.6 Å². The van der Waals surface area contributed by atoms with Crippen LogP contribution < -0.4 is 4.74 Å². The van der Waals surface area contributed by atoms with Gasteiger partial charge in [-0.3, -0.25) is 9.59 Å². The molecule has 0 spiro atoms. The molecule has 0 saturated carbocycles. The van der Waals surface area contributed by atoms with Crippen LogP contribution in [0.5, 0.6) is 5.75 Å². The minimum atomic E-state index is -0.522. The number of benzene rings is 2. The average Bonchev–Trinajstić information content (AvgIpc) is 3.27. The molecule has 2 aliphatic heterocycles. The number of piperazine rings is 1. The molecule has 1 aromatic heterocycles. The van der Waals surface area contributed by atoms with Crippen molar-refractivity contribution in [1.29, 1.82) is 0 Å². The predicted octanol–water partition coefficient (Wildman–Crippen LogP) is 3.98. The maximum atomic E-state index is 13.9. The first kappa shape index (κ1) is 24.4. The molecule has 1 N–H and O–H groups in total. The van der Waals surface area contributed by atoms with E-state index in [0.717, 1.165) is 59.5 Å². The zero-order valence-electron chi connectivity index (χ0n) is 21.5. The molecule has 3 aromatic rings. The van der Waals surface area contributed by atoms with Gasteiger partial charge in [-0.15, -0.1) is 0 Å². The maximum absolute atomic E-state index is 13.9. The van der Waals surface area contributed by atoms with Crippen LogP contribution in [0.3, 0.4) is 0 Å². The molecule has 0 unspecified atom stereocenters. The van der Waals surface area contributed by atoms with Crippen molar-refractivity contribution in [3.63, 3.8) is 0 Å². The number of amides is 2. The summed E-state index contributed by atoms with van der Waals surface area (Å²) in [6.07, 6.45) is 1.38. The number of ether oxygens (including phenoxy) is 1. The number of para-hydroxylation sites is 2. The van der Waals surface area contributed by atoms with Gasteiger partial charge in [-0.1, -0.05) is 50.2 Å². The summed E-state index contributed by atoms with van der Waals surface area (Å²) in [4.78, 5) is 37.1. The van der Waals surface area contributed by atoms with Crippen molar-refractivity contribution in [3.8, 4) is 5.75 Å². The molecule has 1 fully saturated rings. The number of H-pyrrole nitrogens is 1. The molecule has 5 rings (SSSR count). The molecule has 0 bridgehead atoms. The van der Waals surface area contributed by atoms with Gasteiger partial charge in [0.2, 0.25) is 11.8 Å². The van der Waals surface area contributed by atoms with Gasteiger partial charge in [0.05, 0.1) is 13.2 Å². The van der Waals surface area contributed by atoms with Crippen LogP contribution in [0.4, 0.5) is 0 Å². The lowest BCUT2D eigenvalue weighted by Gasteiger charge is -2.47. The van der Waals surface area contributed by atoms with Crippen molar-refractivity contribution >= 4 is 22.7 Å². The molecule has 2 atom stereocenters. The molecule has 2 amide bonds. The second-order valence-electron chi connectivity index (χ2n) is 9.60. The minimum absolute atomic E-state index is 0.0111. The van der Waals surface area contributed by atoms with Crippen LogP contribution in [0.25, 0.3) is 10.9 Å². The van der Waals surface area contributed by atoms with Crippen molar-refractivity contribution in [2.45, 2.75) is 45.7 Å². The van der Waals surface area contributed by atoms with Crippen molar-refractivity contribution < 1.29 is 14.3 Å². The first-order valence-electron chi connectivity index (χ1n) is 13.2. The number of hydrogen-bond donors (Lipinski definition) is 1. The van der Waals surface area contributed by atoms with Gasteiger partial charge in [-0.25, -0.2) is 0 Å². The van der Waals surface area contributed by atoms with E-state index in [-0.39, 0.29) is 18.4 Å². The van der Waals surface area contributed by atoms with Gasteiger partial charge in [-0.05, 0) is 50.7 Å². The fraction of sp³-hybridized carbons (Fsp3) is 0.448. The second-order valence-corrected chi connectivity index (χ2v) is 9.60. The number of aromatic nitrogens is 1. The van der Waals surface area contributed by atoms with Crippen LogP contribution in [-0.2, 0) is 16.0 Å². The number of rotatable bonds is 9. The predicted molar refractivity (Wildman–Crippen MR) is 141 cm³/mol. The monoisotopic (exact) mass is 488 g/mol. The summed E-state index contributed by atoms with van der Waals surface area (Å²) in [7, 11) is 0. The topological polar surface area (TPSA) is 68.9 Å². The second kappa shape index (κ2) is 10.3. The number of carbonyl (C=O) groups excluding carboxylic acids is 2. The average molecular weight is 489 g/mol. The van der Waals surface area contributed by atoms with E-state index < -0.39 is 12.1 Å². The van der Waals surface area contributed by atoms with E-state index >= 15 is 0 Å². The summed E-state index contributed by atoms with van der Waals surface area (Å²) in [6.45, 7) is 10.4. The number of nitrogens with one attached hydrogen (secondary N) is 1. The van der Waals surface area contributed by atoms with Gasteiger partial charge in [0.1, 0.15) is 17.8 Å². The molecule has 0 radical (unpaired) electrons. The molecule has 2 aliphatic rings. The molecule has 36 heavy (non-hydrogen) atoms. The van der Waals surface area contributed by atoms with Gasteiger partial charge < -0.3 is 24.4 Å². The van der Waals surface area contributed by atoms with E-state index in [1.807, 2.05) is 48.2 Å². The minimum Gasteiger partial charge on any atom is -0.494 e. The molecule has 7 heteroatoms. The molecular weight excluding hydrogens is 452 g/mol. The fourth-order valence-electron chi connectivity index (χ4n) is 5.86. The van der Waals surface area contributed by atoms with Crippen molar-refractivity contribution in [3.05, 3.63) is 65.4 Å². The smallest absolute Gasteiger partial charge is 0.246 e. The van der Waals surface area contributed by atoms with E-state index in [2.05, 4.69) is 35.9 Å². The number of nitrogens with zero attached hydrogens (tertiary/aromatic N) is 3. The van der Waals surface area contributed by atoms with Crippen LogP contribution in [0, 0.1) is 0 Å². The van der Waals surface area contributed by atoms with Crippen LogP contribution in [-0.4, -0.2) is 76.9 Å². The Balaban J connectivity index is 1.54. The third-order valence-electron chi connectivity index (χ3n) is 7.65. The SMILES string of the molecule is CCOc1ccccc1[C@H]1c2[nH]c3ccccc3c2C[C@H]2C(=O)N(CCCN(CC)CC)CC(=O)N12. The Kier molecular flexibility index (Phi) is 7.01. The lowest BCUT2D eigenvalue weighted by Crippen LogP contribution is -2.63. The largest absolute Gasteiger partial charge is 0.494 e. The van der Waals surface area contributed by atoms with E-state index in [1.165, 1.54) is 0 Å². The Morgan fingerprint density at radius 2 is 1.78 bits per heavy atom. The molecular formula is C29H36N4O3. The van der Waals surface area contributed by atoms with Gasteiger partial charge >= 0.3 is 0 Å². The number of hydrogen-bond acceptors (Lipinski definition) is 4. The normalized spacial score (nSPS) is 19.7. The standard InChI is InChI=1S/C29H36N4O3/c1-4-31(5-2)16-11-17-32-19-26(34)33-24(29(32)35)18-22-20-12-7-9-14-23(20)30-27(22)28(33)21-13-8-10-15-25(21)36-6-3/h7-10,12-15,24,28,30H,4-6,11,16-19H2,1-3H3/t24-,28-/m0/s1. The molecule has 0 aliphatic carbocycles. The Morgan fingerprint density at radius 1 is 1.03 bits per heavy atom. The van der Waals surface area contributed by atoms with Gasteiger partial charge in [0.25, 0.3) is 0 Å². The zero-order chi connectivity index (χ0) is 25.2. The van der Waals surface area contributed by atoms with Crippen molar-refractivity contribution in [1.82, 2.24) is 19.7 Å². The highest BCUT2D eigenvalue weighted by Crippen LogP contribution is 2.44. The highest BCUT2D eigenvalue weighted by Gasteiger charge is 2.48. The van der Waals surface area contributed by atoms with Crippen molar-refractivity contribution in [2.75, 3.05) is 39.3 Å². The quantitative estimate of drug-likeness (QED) is 0.495. The summed E-state index contributed by atoms with van der Waals surface area (Å²) in [5.74, 6) is 0.782. The van der Waals surface area contributed by atoms with Crippen LogP contribution in [0.15, 0.2) is 48.5 Å². The summed E-state index contributed by atoms with van der Waals surface area (Å²) in [6, 6.07) is 15.1. The van der Waals surface area contributed by atoms with Gasteiger partial charge in [0, 0.05) is 35.1 Å². The molecule has 1 saturated heterocycles. The lowest BCUT2D eigenvalue weighted by atomic mass is 9.86. The first-order valence-corrected chi connectivity index (χ1v) is 13.2. The zero-order valence-corrected chi connectivity index (χ0v) is 21.5. The highest BCUT2D eigenvalue weighted by molar-refractivity contribution is 5.97. The molecule has 3 heterocycles. The van der Waals surface area contributed by atoms with Crippen LogP contribution in [0.1, 0.15) is 50.1 Å². The Bertz CT molecular complexity index is 1250. The number of carbonyl (C=O) groups is 2. The third kappa shape index (κ3) is 4.26. The summed E-state index contributed by atoms with van der Waals surface area (Å²) < 4.78 is 5.99. The van der Waals surface area contributed by atoms with E-state index in [9.17, 15) is 9.59 Å². The highest BCUT2D eigenvalue weighted by atomic mass is 16.5. The van der Waals surface area contributed by atoms with Gasteiger partial charge in [0.15, 0.2) is 0 Å². The Labute approximate surface area is 213 Å². The van der Waals surface area contributed by atoms with Crippen molar-refractivity contribution in [2.24, 2.45) is 0 Å².